The van der Waals surface area contributed by atoms with E-state index in [1.165, 1.54) is 25.2 Å². The molecule has 1 aromatic rings. The zero-order valence-electron chi connectivity index (χ0n) is 8.62. The Balaban J connectivity index is 1.76. The van der Waals surface area contributed by atoms with Gasteiger partial charge in [0, 0.05) is 29.3 Å². The molecule has 2 saturated heterocycles. The lowest BCUT2D eigenvalue weighted by Crippen LogP contribution is -2.63. The van der Waals surface area contributed by atoms with Gasteiger partial charge in [0.25, 0.3) is 0 Å². The van der Waals surface area contributed by atoms with Crippen LogP contribution in [0.4, 0.5) is 5.69 Å². The number of hydrogen-bond donors (Lipinski definition) is 1. The SMILES string of the molecule is Brc1ccc(N2CC3CCNCC32)cc1. The number of halogens is 1. The summed E-state index contributed by atoms with van der Waals surface area (Å²) in [7, 11) is 0. The average Bonchev–Trinajstić information content (AvgIpc) is 2.23. The number of nitrogens with one attached hydrogen (secondary N) is 1. The number of hydrogen-bond acceptors (Lipinski definition) is 2. The molecule has 0 radical (unpaired) electrons. The van der Waals surface area contributed by atoms with Crippen molar-refractivity contribution < 1.29 is 0 Å². The van der Waals surface area contributed by atoms with Crippen molar-refractivity contribution in [2.24, 2.45) is 5.92 Å². The highest BCUT2D eigenvalue weighted by molar-refractivity contribution is 9.10. The van der Waals surface area contributed by atoms with Gasteiger partial charge in [-0.05, 0) is 43.1 Å². The molecule has 2 aliphatic heterocycles. The zero-order chi connectivity index (χ0) is 10.3. The Morgan fingerprint density at radius 3 is 2.80 bits per heavy atom. The fraction of sp³-hybridized carbons (Fsp3) is 0.500. The highest BCUT2D eigenvalue weighted by Crippen LogP contribution is 2.34. The second kappa shape index (κ2) is 3.80. The third-order valence-corrected chi connectivity index (χ3v) is 4.11. The van der Waals surface area contributed by atoms with E-state index in [0.29, 0.717) is 0 Å². The largest absolute Gasteiger partial charge is 0.367 e. The van der Waals surface area contributed by atoms with Crippen molar-refractivity contribution in [3.8, 4) is 0 Å². The smallest absolute Gasteiger partial charge is 0.0460 e. The summed E-state index contributed by atoms with van der Waals surface area (Å²) in [6.07, 6.45) is 1.34. The van der Waals surface area contributed by atoms with Gasteiger partial charge in [-0.2, -0.15) is 0 Å². The molecule has 2 nitrogen and oxygen atoms in total. The number of benzene rings is 1. The predicted molar refractivity (Wildman–Crippen MR) is 66.3 cm³/mol. The van der Waals surface area contributed by atoms with E-state index >= 15 is 0 Å². The van der Waals surface area contributed by atoms with Crippen LogP contribution in [0.1, 0.15) is 6.42 Å². The molecule has 0 spiro atoms. The van der Waals surface area contributed by atoms with Gasteiger partial charge in [0.1, 0.15) is 0 Å². The van der Waals surface area contributed by atoms with Gasteiger partial charge >= 0.3 is 0 Å². The van der Waals surface area contributed by atoms with Crippen molar-refractivity contribution in [1.82, 2.24) is 5.32 Å². The summed E-state index contributed by atoms with van der Waals surface area (Å²) in [5.74, 6) is 0.926. The Hall–Kier alpha value is -0.540. The molecule has 0 bridgehead atoms. The van der Waals surface area contributed by atoms with Crippen LogP contribution in [0.3, 0.4) is 0 Å². The second-order valence-electron chi connectivity index (χ2n) is 4.45. The van der Waals surface area contributed by atoms with Gasteiger partial charge in [-0.3, -0.25) is 0 Å². The topological polar surface area (TPSA) is 15.3 Å². The lowest BCUT2D eigenvalue weighted by atomic mass is 9.83. The maximum Gasteiger partial charge on any atom is 0.0460 e. The first-order valence-electron chi connectivity index (χ1n) is 5.57. The summed E-state index contributed by atoms with van der Waals surface area (Å²) in [4.78, 5) is 2.52. The third kappa shape index (κ3) is 1.68. The molecule has 0 amide bonds. The van der Waals surface area contributed by atoms with Crippen molar-refractivity contribution >= 4 is 21.6 Å². The first kappa shape index (κ1) is 9.67. The quantitative estimate of drug-likeness (QED) is 0.839. The van der Waals surface area contributed by atoms with Crippen LogP contribution in [0.5, 0.6) is 0 Å². The van der Waals surface area contributed by atoms with Gasteiger partial charge in [-0.25, -0.2) is 0 Å². The monoisotopic (exact) mass is 266 g/mol. The molecule has 0 aliphatic carbocycles. The molecule has 80 valence electrons. The van der Waals surface area contributed by atoms with E-state index in [2.05, 4.69) is 50.4 Å². The fourth-order valence-corrected chi connectivity index (χ4v) is 2.92. The van der Waals surface area contributed by atoms with Gasteiger partial charge in [-0.15, -0.1) is 0 Å². The molecular weight excluding hydrogens is 252 g/mol. The number of anilines is 1. The first-order valence-corrected chi connectivity index (χ1v) is 6.37. The van der Waals surface area contributed by atoms with Crippen LogP contribution in [0.2, 0.25) is 0 Å². The fourth-order valence-electron chi connectivity index (χ4n) is 2.65. The van der Waals surface area contributed by atoms with Crippen LogP contribution in [-0.4, -0.2) is 25.7 Å². The number of rotatable bonds is 1. The molecule has 2 heterocycles. The van der Waals surface area contributed by atoms with E-state index in [9.17, 15) is 0 Å². The van der Waals surface area contributed by atoms with Crippen molar-refractivity contribution in [1.29, 1.82) is 0 Å². The van der Waals surface area contributed by atoms with Crippen LogP contribution in [0.15, 0.2) is 28.7 Å². The highest BCUT2D eigenvalue weighted by Gasteiger charge is 2.39. The molecular formula is C12H15BrN2. The molecule has 2 atom stereocenters. The molecule has 1 aromatic carbocycles. The van der Waals surface area contributed by atoms with Crippen LogP contribution < -0.4 is 10.2 Å². The molecule has 2 unspecified atom stereocenters. The van der Waals surface area contributed by atoms with Crippen molar-refractivity contribution in [3.05, 3.63) is 28.7 Å². The Morgan fingerprint density at radius 1 is 1.27 bits per heavy atom. The summed E-state index contributed by atoms with van der Waals surface area (Å²) >= 11 is 3.47. The van der Waals surface area contributed by atoms with Crippen LogP contribution in [0.25, 0.3) is 0 Å². The van der Waals surface area contributed by atoms with Gasteiger partial charge in [0.15, 0.2) is 0 Å². The maximum absolute atomic E-state index is 3.48. The minimum atomic E-state index is 0.736. The zero-order valence-corrected chi connectivity index (χ0v) is 10.2. The molecule has 2 aliphatic rings. The van der Waals surface area contributed by atoms with Crippen molar-refractivity contribution in [3.63, 3.8) is 0 Å². The van der Waals surface area contributed by atoms with Crippen LogP contribution >= 0.6 is 15.9 Å². The second-order valence-corrected chi connectivity index (χ2v) is 5.36. The summed E-state index contributed by atoms with van der Waals surface area (Å²) in [5, 5.41) is 3.48. The van der Waals surface area contributed by atoms with E-state index in [4.69, 9.17) is 0 Å². The van der Waals surface area contributed by atoms with Crippen LogP contribution in [-0.2, 0) is 0 Å². The number of piperidine rings is 1. The lowest BCUT2D eigenvalue weighted by molar-refractivity contribution is 0.229. The molecule has 3 rings (SSSR count). The minimum absolute atomic E-state index is 0.736. The molecule has 3 heteroatoms. The Bertz CT molecular complexity index is 349. The summed E-state index contributed by atoms with van der Waals surface area (Å²) in [5.41, 5.74) is 1.36. The Labute approximate surface area is 98.8 Å². The molecule has 2 fully saturated rings. The maximum atomic E-state index is 3.48. The van der Waals surface area contributed by atoms with E-state index in [1.54, 1.807) is 0 Å². The van der Waals surface area contributed by atoms with Crippen molar-refractivity contribution in [2.45, 2.75) is 12.5 Å². The summed E-state index contributed by atoms with van der Waals surface area (Å²) in [6.45, 7) is 3.60. The minimum Gasteiger partial charge on any atom is -0.367 e. The van der Waals surface area contributed by atoms with E-state index in [-0.39, 0.29) is 0 Å². The number of fused-ring (bicyclic) bond motifs is 1. The highest BCUT2D eigenvalue weighted by atomic mass is 79.9. The molecule has 1 N–H and O–H groups in total. The van der Waals surface area contributed by atoms with Gasteiger partial charge < -0.3 is 10.2 Å². The summed E-state index contributed by atoms with van der Waals surface area (Å²) in [6, 6.07) is 9.39. The normalized spacial score (nSPS) is 29.5. The van der Waals surface area contributed by atoms with Crippen LogP contribution in [0, 0.1) is 5.92 Å². The van der Waals surface area contributed by atoms with E-state index < -0.39 is 0 Å². The van der Waals surface area contributed by atoms with Gasteiger partial charge in [0.2, 0.25) is 0 Å². The third-order valence-electron chi connectivity index (χ3n) is 3.58. The molecule has 0 aromatic heterocycles. The average molecular weight is 267 g/mol. The summed E-state index contributed by atoms with van der Waals surface area (Å²) < 4.78 is 1.16. The standard InChI is InChI=1S/C12H15BrN2/c13-10-1-3-11(4-2-10)15-8-9-5-6-14-7-12(9)15/h1-4,9,12,14H,5-8H2. The van der Waals surface area contributed by atoms with E-state index in [0.717, 1.165) is 23.0 Å². The number of nitrogens with zero attached hydrogens (tertiary/aromatic N) is 1. The first-order chi connectivity index (χ1) is 7.34. The predicted octanol–water partition coefficient (Wildman–Crippen LogP) is 2.25. The van der Waals surface area contributed by atoms with Crippen molar-refractivity contribution in [2.75, 3.05) is 24.5 Å². The van der Waals surface area contributed by atoms with Gasteiger partial charge in [-0.1, -0.05) is 15.9 Å². The lowest BCUT2D eigenvalue weighted by Gasteiger charge is -2.52. The molecule has 15 heavy (non-hydrogen) atoms. The van der Waals surface area contributed by atoms with Gasteiger partial charge in [0.05, 0.1) is 0 Å². The molecule has 0 saturated carbocycles. The Kier molecular flexibility index (Phi) is 2.45. The van der Waals surface area contributed by atoms with E-state index in [1.807, 2.05) is 0 Å². The Morgan fingerprint density at radius 2 is 2.07 bits per heavy atom.